The molecule has 1 aromatic carbocycles. The highest BCUT2D eigenvalue weighted by Gasteiger charge is 2.22. The highest BCUT2D eigenvalue weighted by Crippen LogP contribution is 2.28. The van der Waals surface area contributed by atoms with E-state index in [0.717, 1.165) is 26.2 Å². The summed E-state index contributed by atoms with van der Waals surface area (Å²) < 4.78 is 10.5. The Balaban J connectivity index is 2.07. The molecule has 2 amide bonds. The third kappa shape index (κ3) is 5.85. The molecule has 7 nitrogen and oxygen atoms in total. The van der Waals surface area contributed by atoms with Crippen LogP contribution in [0.2, 0.25) is 0 Å². The zero-order valence-electron chi connectivity index (χ0n) is 16.8. The number of nitrogens with one attached hydrogen (secondary N) is 1. The van der Waals surface area contributed by atoms with Crippen LogP contribution in [0.25, 0.3) is 0 Å². The third-order valence-electron chi connectivity index (χ3n) is 4.57. The van der Waals surface area contributed by atoms with E-state index in [4.69, 9.17) is 9.47 Å². The number of hydrogen-bond donors (Lipinski definition) is 1. The first-order chi connectivity index (χ1) is 13.0. The third-order valence-corrected chi connectivity index (χ3v) is 4.57. The first kappa shape index (κ1) is 21.0. The molecule has 0 unspecified atom stereocenters. The summed E-state index contributed by atoms with van der Waals surface area (Å²) in [7, 11) is 3.11. The van der Waals surface area contributed by atoms with Gasteiger partial charge >= 0.3 is 0 Å². The van der Waals surface area contributed by atoms with Gasteiger partial charge in [-0.3, -0.25) is 9.59 Å². The monoisotopic (exact) mass is 377 g/mol. The van der Waals surface area contributed by atoms with E-state index in [0.29, 0.717) is 42.5 Å². The molecule has 0 aliphatic carbocycles. The fourth-order valence-electron chi connectivity index (χ4n) is 3.17. The van der Waals surface area contributed by atoms with Crippen LogP contribution in [0.4, 0.5) is 0 Å². The normalized spacial score (nSPS) is 14.2. The van der Waals surface area contributed by atoms with E-state index in [1.807, 2.05) is 4.90 Å². The van der Waals surface area contributed by atoms with Gasteiger partial charge in [0.25, 0.3) is 5.91 Å². The second-order valence-corrected chi connectivity index (χ2v) is 7.10. The molecule has 0 spiro atoms. The largest absolute Gasteiger partial charge is 0.493 e. The van der Waals surface area contributed by atoms with Crippen LogP contribution >= 0.6 is 0 Å². The van der Waals surface area contributed by atoms with Crippen molar-refractivity contribution in [3.05, 3.63) is 23.8 Å². The molecule has 0 saturated carbocycles. The van der Waals surface area contributed by atoms with Gasteiger partial charge in [0.15, 0.2) is 11.5 Å². The average molecular weight is 377 g/mol. The van der Waals surface area contributed by atoms with Crippen molar-refractivity contribution >= 4 is 11.8 Å². The van der Waals surface area contributed by atoms with Crippen LogP contribution in [0.15, 0.2) is 18.2 Å². The van der Waals surface area contributed by atoms with Gasteiger partial charge in [-0.05, 0) is 24.1 Å². The molecule has 1 aliphatic rings. The van der Waals surface area contributed by atoms with Gasteiger partial charge in [0.2, 0.25) is 5.91 Å². The zero-order chi connectivity index (χ0) is 19.8. The lowest BCUT2D eigenvalue weighted by Gasteiger charge is -2.29. The van der Waals surface area contributed by atoms with Crippen molar-refractivity contribution < 1.29 is 19.1 Å². The van der Waals surface area contributed by atoms with Crippen molar-refractivity contribution in [1.82, 2.24) is 15.1 Å². The molecule has 0 aromatic heterocycles. The van der Waals surface area contributed by atoms with Gasteiger partial charge in [-0.25, -0.2) is 0 Å². The van der Waals surface area contributed by atoms with Crippen molar-refractivity contribution in [2.75, 3.05) is 53.5 Å². The second kappa shape index (κ2) is 10.2. The van der Waals surface area contributed by atoms with E-state index in [2.05, 4.69) is 19.2 Å². The fourth-order valence-corrected chi connectivity index (χ4v) is 3.17. The molecule has 1 aromatic rings. The lowest BCUT2D eigenvalue weighted by atomic mass is 10.1. The summed E-state index contributed by atoms with van der Waals surface area (Å²) in [5.41, 5.74) is 0.530. The summed E-state index contributed by atoms with van der Waals surface area (Å²) in [5, 5.41) is 3.24. The van der Waals surface area contributed by atoms with Crippen molar-refractivity contribution in [3.8, 4) is 11.5 Å². The van der Waals surface area contributed by atoms with Crippen molar-refractivity contribution in [2.24, 2.45) is 5.92 Å². The van der Waals surface area contributed by atoms with Gasteiger partial charge in [0, 0.05) is 51.3 Å². The average Bonchev–Trinajstić information content (AvgIpc) is 2.70. The van der Waals surface area contributed by atoms with Crippen LogP contribution in [0.3, 0.4) is 0 Å². The maximum absolute atomic E-state index is 13.0. The van der Waals surface area contributed by atoms with E-state index in [1.54, 1.807) is 37.3 Å². The number of carbonyl (C=O) groups excluding carboxylic acids is 2. The Labute approximate surface area is 161 Å². The SMILES string of the molecule is COc1ccc(C(=O)N(CCC(=O)N2CCNCC2)CC(C)C)cc1OC. The lowest BCUT2D eigenvalue weighted by molar-refractivity contribution is -0.132. The van der Waals surface area contributed by atoms with Crippen molar-refractivity contribution in [3.63, 3.8) is 0 Å². The van der Waals surface area contributed by atoms with E-state index < -0.39 is 0 Å². The van der Waals surface area contributed by atoms with Crippen LogP contribution in [-0.4, -0.2) is 75.1 Å². The molecular weight excluding hydrogens is 346 g/mol. The molecule has 1 N–H and O–H groups in total. The number of benzene rings is 1. The fraction of sp³-hybridized carbons (Fsp3) is 0.600. The maximum Gasteiger partial charge on any atom is 0.254 e. The Morgan fingerprint density at radius 1 is 1.15 bits per heavy atom. The van der Waals surface area contributed by atoms with Crippen molar-refractivity contribution in [2.45, 2.75) is 20.3 Å². The van der Waals surface area contributed by atoms with Gasteiger partial charge < -0.3 is 24.6 Å². The Morgan fingerprint density at radius 2 is 1.81 bits per heavy atom. The Morgan fingerprint density at radius 3 is 2.41 bits per heavy atom. The van der Waals surface area contributed by atoms with Crippen molar-refractivity contribution in [1.29, 1.82) is 0 Å². The first-order valence-corrected chi connectivity index (χ1v) is 9.46. The molecule has 7 heteroatoms. The topological polar surface area (TPSA) is 71.1 Å². The molecule has 27 heavy (non-hydrogen) atoms. The van der Waals surface area contributed by atoms with Crippen LogP contribution in [-0.2, 0) is 4.79 Å². The number of ether oxygens (including phenoxy) is 2. The predicted octanol–water partition coefficient (Wildman–Crippen LogP) is 1.62. The van der Waals surface area contributed by atoms with E-state index in [9.17, 15) is 9.59 Å². The summed E-state index contributed by atoms with van der Waals surface area (Å²) in [6, 6.07) is 5.15. The minimum absolute atomic E-state index is 0.0993. The molecule has 0 radical (unpaired) electrons. The molecule has 1 fully saturated rings. The molecule has 0 atom stereocenters. The molecule has 2 rings (SSSR count). The quantitative estimate of drug-likeness (QED) is 0.746. The second-order valence-electron chi connectivity index (χ2n) is 7.10. The highest BCUT2D eigenvalue weighted by molar-refractivity contribution is 5.95. The molecular formula is C20H31N3O4. The molecule has 0 bridgehead atoms. The van der Waals surface area contributed by atoms with E-state index in [1.165, 1.54) is 0 Å². The van der Waals surface area contributed by atoms with Crippen LogP contribution < -0.4 is 14.8 Å². The molecule has 150 valence electrons. The van der Waals surface area contributed by atoms with Gasteiger partial charge in [-0.1, -0.05) is 13.8 Å². The Kier molecular flexibility index (Phi) is 7.91. The molecule has 1 aliphatic heterocycles. The van der Waals surface area contributed by atoms with Gasteiger partial charge in [0.1, 0.15) is 0 Å². The van der Waals surface area contributed by atoms with Gasteiger partial charge in [0.05, 0.1) is 14.2 Å². The predicted molar refractivity (Wildman–Crippen MR) is 104 cm³/mol. The smallest absolute Gasteiger partial charge is 0.254 e. The number of methoxy groups -OCH3 is 2. The number of carbonyl (C=O) groups is 2. The minimum Gasteiger partial charge on any atom is -0.493 e. The number of amides is 2. The summed E-state index contributed by atoms with van der Waals surface area (Å²) in [4.78, 5) is 29.1. The van der Waals surface area contributed by atoms with Crippen LogP contribution in [0.5, 0.6) is 11.5 Å². The first-order valence-electron chi connectivity index (χ1n) is 9.46. The van der Waals surface area contributed by atoms with Gasteiger partial charge in [-0.15, -0.1) is 0 Å². The number of piperazine rings is 1. The van der Waals surface area contributed by atoms with Crippen LogP contribution in [0.1, 0.15) is 30.6 Å². The standard InChI is InChI=1S/C20H31N3O4/c1-15(2)14-23(10-7-19(24)22-11-8-21-9-12-22)20(25)16-5-6-17(26-3)18(13-16)27-4/h5-6,13,15,21H,7-12,14H2,1-4H3. The summed E-state index contributed by atoms with van der Waals surface area (Å²) in [6.07, 6.45) is 0.339. The highest BCUT2D eigenvalue weighted by atomic mass is 16.5. The summed E-state index contributed by atoms with van der Waals surface area (Å²) >= 11 is 0. The Hall–Kier alpha value is -2.28. The molecule has 1 saturated heterocycles. The number of nitrogens with zero attached hydrogens (tertiary/aromatic N) is 2. The van der Waals surface area contributed by atoms with E-state index in [-0.39, 0.29) is 11.8 Å². The summed E-state index contributed by atoms with van der Waals surface area (Å²) in [5.74, 6) is 1.41. The Bertz CT molecular complexity index is 642. The maximum atomic E-state index is 13.0. The van der Waals surface area contributed by atoms with Gasteiger partial charge in [-0.2, -0.15) is 0 Å². The molecule has 1 heterocycles. The van der Waals surface area contributed by atoms with Crippen LogP contribution in [0, 0.1) is 5.92 Å². The number of rotatable bonds is 8. The van der Waals surface area contributed by atoms with E-state index >= 15 is 0 Å². The number of hydrogen-bond acceptors (Lipinski definition) is 5. The lowest BCUT2D eigenvalue weighted by Crippen LogP contribution is -2.47. The minimum atomic E-state index is -0.0993. The zero-order valence-corrected chi connectivity index (χ0v) is 16.8. The summed E-state index contributed by atoms with van der Waals surface area (Å²) in [6.45, 7) is 8.24.